The average Bonchev–Trinajstić information content (AvgIpc) is 3.41. The molecule has 28 heavy (non-hydrogen) atoms. The molecule has 1 fully saturated rings. The predicted octanol–water partition coefficient (Wildman–Crippen LogP) is 5.17. The molecule has 1 aliphatic rings. The Kier molecular flexibility index (Phi) is 4.72. The minimum atomic E-state index is 0.338. The molecule has 1 aliphatic heterocycles. The van der Waals surface area contributed by atoms with Crippen LogP contribution in [0.15, 0.2) is 66.3 Å². The zero-order valence-electron chi connectivity index (χ0n) is 15.5. The van der Waals surface area contributed by atoms with Gasteiger partial charge in [0, 0.05) is 29.7 Å². The lowest BCUT2D eigenvalue weighted by molar-refractivity contribution is 0.245. The van der Waals surface area contributed by atoms with E-state index in [1.54, 1.807) is 17.5 Å². The number of benzene rings is 1. The minimum Gasteiger partial charge on any atom is -0.316 e. The first-order valence-corrected chi connectivity index (χ1v) is 10.4. The summed E-state index contributed by atoms with van der Waals surface area (Å²) in [5, 5.41) is 7.38. The number of thiazole rings is 1. The van der Waals surface area contributed by atoms with E-state index < -0.39 is 0 Å². The van der Waals surface area contributed by atoms with Crippen molar-refractivity contribution < 1.29 is 0 Å². The van der Waals surface area contributed by atoms with E-state index in [0.29, 0.717) is 6.04 Å². The van der Waals surface area contributed by atoms with Crippen LogP contribution >= 0.6 is 11.3 Å². The lowest BCUT2D eigenvalue weighted by Crippen LogP contribution is -2.23. The number of nitrogens with one attached hydrogen (secondary N) is 1. The Morgan fingerprint density at radius 2 is 2.00 bits per heavy atom. The van der Waals surface area contributed by atoms with Gasteiger partial charge in [-0.25, -0.2) is 9.97 Å². The zero-order valence-corrected chi connectivity index (χ0v) is 16.3. The summed E-state index contributed by atoms with van der Waals surface area (Å²) in [5.74, 6) is 0.855. The maximum Gasteiger partial charge on any atom is 0.188 e. The number of anilines is 2. The van der Waals surface area contributed by atoms with Gasteiger partial charge in [0.05, 0.1) is 17.3 Å². The van der Waals surface area contributed by atoms with Crippen LogP contribution in [0.4, 0.5) is 10.9 Å². The Balaban J connectivity index is 1.39. The van der Waals surface area contributed by atoms with Crippen LogP contribution in [0.3, 0.4) is 0 Å². The highest BCUT2D eigenvalue weighted by Gasteiger charge is 2.27. The summed E-state index contributed by atoms with van der Waals surface area (Å²) in [6.45, 7) is 2.01. The van der Waals surface area contributed by atoms with Gasteiger partial charge in [0.1, 0.15) is 5.82 Å². The number of hydrogen-bond acceptors (Lipinski definition) is 6. The molecule has 140 valence electrons. The largest absolute Gasteiger partial charge is 0.316 e. The first-order chi connectivity index (χ1) is 13.9. The monoisotopic (exact) mass is 387 g/mol. The van der Waals surface area contributed by atoms with Crippen LogP contribution in [0.1, 0.15) is 30.1 Å². The molecule has 0 bridgehead atoms. The Hall–Kier alpha value is -2.83. The molecule has 4 aromatic rings. The first-order valence-electron chi connectivity index (χ1n) is 9.57. The lowest BCUT2D eigenvalue weighted by Gasteiger charge is -2.25. The van der Waals surface area contributed by atoms with Crippen molar-refractivity contribution in [1.29, 1.82) is 0 Å². The van der Waals surface area contributed by atoms with E-state index in [9.17, 15) is 0 Å². The number of pyridine rings is 2. The molecular weight excluding hydrogens is 366 g/mol. The highest BCUT2D eigenvalue weighted by Crippen LogP contribution is 2.34. The number of rotatable bonds is 5. The van der Waals surface area contributed by atoms with Gasteiger partial charge in [-0.3, -0.25) is 9.88 Å². The van der Waals surface area contributed by atoms with Gasteiger partial charge >= 0.3 is 0 Å². The van der Waals surface area contributed by atoms with Crippen molar-refractivity contribution in [3.05, 3.63) is 77.6 Å². The van der Waals surface area contributed by atoms with Crippen molar-refractivity contribution >= 4 is 33.2 Å². The van der Waals surface area contributed by atoms with E-state index in [1.807, 2.05) is 23.7 Å². The summed E-state index contributed by atoms with van der Waals surface area (Å²) in [7, 11) is 0. The van der Waals surface area contributed by atoms with Crippen molar-refractivity contribution in [2.75, 3.05) is 11.9 Å². The number of hydrogen-bond donors (Lipinski definition) is 1. The Labute approximate surface area is 168 Å². The molecule has 6 heteroatoms. The van der Waals surface area contributed by atoms with Gasteiger partial charge in [0.15, 0.2) is 5.13 Å². The molecule has 0 spiro atoms. The van der Waals surface area contributed by atoms with Gasteiger partial charge in [-0.15, -0.1) is 11.3 Å². The van der Waals surface area contributed by atoms with E-state index in [-0.39, 0.29) is 0 Å². The van der Waals surface area contributed by atoms with Gasteiger partial charge in [-0.2, -0.15) is 0 Å². The lowest BCUT2D eigenvalue weighted by atomic mass is 10.1. The summed E-state index contributed by atoms with van der Waals surface area (Å²) in [6.07, 6.45) is 5.99. The van der Waals surface area contributed by atoms with Crippen LogP contribution in [0, 0.1) is 0 Å². The van der Waals surface area contributed by atoms with Crippen molar-refractivity contribution in [3.63, 3.8) is 0 Å². The van der Waals surface area contributed by atoms with Crippen LogP contribution in [0.2, 0.25) is 0 Å². The maximum atomic E-state index is 4.89. The molecule has 1 saturated heterocycles. The molecule has 1 aromatic carbocycles. The van der Waals surface area contributed by atoms with Crippen LogP contribution in [0.5, 0.6) is 0 Å². The third-order valence-electron chi connectivity index (χ3n) is 5.25. The van der Waals surface area contributed by atoms with Crippen LogP contribution in [-0.4, -0.2) is 26.4 Å². The van der Waals surface area contributed by atoms with Crippen molar-refractivity contribution in [2.24, 2.45) is 0 Å². The summed E-state index contributed by atoms with van der Waals surface area (Å²) in [4.78, 5) is 16.2. The van der Waals surface area contributed by atoms with Crippen molar-refractivity contribution in [1.82, 2.24) is 19.9 Å². The second-order valence-electron chi connectivity index (χ2n) is 7.03. The third-order valence-corrected chi connectivity index (χ3v) is 5.94. The molecule has 1 unspecified atom stereocenters. The third kappa shape index (κ3) is 3.48. The number of fused-ring (bicyclic) bond motifs is 1. The molecule has 0 radical (unpaired) electrons. The second-order valence-corrected chi connectivity index (χ2v) is 7.92. The van der Waals surface area contributed by atoms with Gasteiger partial charge in [-0.1, -0.05) is 24.3 Å². The first kappa shape index (κ1) is 17.3. The molecule has 0 amide bonds. The minimum absolute atomic E-state index is 0.338. The summed E-state index contributed by atoms with van der Waals surface area (Å²) in [6, 6.07) is 17.1. The van der Waals surface area contributed by atoms with Gasteiger partial charge in [0.25, 0.3) is 0 Å². The molecule has 3 aromatic heterocycles. The summed E-state index contributed by atoms with van der Waals surface area (Å²) in [5.41, 5.74) is 3.51. The fourth-order valence-electron chi connectivity index (χ4n) is 3.98. The fourth-order valence-corrected chi connectivity index (χ4v) is 4.51. The smallest absolute Gasteiger partial charge is 0.188 e. The van der Waals surface area contributed by atoms with E-state index >= 15 is 0 Å². The topological polar surface area (TPSA) is 53.9 Å². The highest BCUT2D eigenvalue weighted by atomic mass is 32.1. The van der Waals surface area contributed by atoms with E-state index in [2.05, 4.69) is 56.6 Å². The SMILES string of the molecule is c1cc(Nc2nccs2)nc(C2CCCN2Cc2cccc3ncccc23)c1. The molecular formula is C22H21N5S. The summed E-state index contributed by atoms with van der Waals surface area (Å²) >= 11 is 1.58. The molecule has 5 nitrogen and oxygen atoms in total. The van der Waals surface area contributed by atoms with Crippen LogP contribution in [0.25, 0.3) is 10.9 Å². The zero-order chi connectivity index (χ0) is 18.8. The Morgan fingerprint density at radius 1 is 1.04 bits per heavy atom. The van der Waals surface area contributed by atoms with Crippen LogP contribution < -0.4 is 5.32 Å². The Bertz CT molecular complexity index is 1070. The van der Waals surface area contributed by atoms with Gasteiger partial charge in [0.2, 0.25) is 0 Å². The van der Waals surface area contributed by atoms with E-state index in [0.717, 1.165) is 41.7 Å². The van der Waals surface area contributed by atoms with Crippen molar-refractivity contribution in [2.45, 2.75) is 25.4 Å². The number of nitrogens with zero attached hydrogens (tertiary/aromatic N) is 4. The fraction of sp³-hybridized carbons (Fsp3) is 0.227. The molecule has 0 saturated carbocycles. The van der Waals surface area contributed by atoms with Crippen molar-refractivity contribution in [3.8, 4) is 0 Å². The normalized spacial score (nSPS) is 17.2. The second kappa shape index (κ2) is 7.66. The Morgan fingerprint density at radius 3 is 2.93 bits per heavy atom. The average molecular weight is 388 g/mol. The standard InChI is InChI=1S/C22H21N5S/c1-5-16(17-6-3-11-23-18(17)7-1)15-27-13-4-9-20(27)19-8-2-10-21(25-19)26-22-24-12-14-28-22/h1-3,5-8,10-12,14,20H,4,9,13,15H2,(H,24,25,26). The molecule has 4 heterocycles. The maximum absolute atomic E-state index is 4.89. The quantitative estimate of drug-likeness (QED) is 0.512. The number of likely N-dealkylation sites (tertiary alicyclic amines) is 1. The van der Waals surface area contributed by atoms with E-state index in [4.69, 9.17) is 4.98 Å². The van der Waals surface area contributed by atoms with Crippen LogP contribution in [-0.2, 0) is 6.54 Å². The molecule has 1 atom stereocenters. The van der Waals surface area contributed by atoms with Gasteiger partial charge < -0.3 is 5.32 Å². The van der Waals surface area contributed by atoms with E-state index in [1.165, 1.54) is 17.4 Å². The highest BCUT2D eigenvalue weighted by molar-refractivity contribution is 7.13. The number of aromatic nitrogens is 3. The molecule has 1 N–H and O–H groups in total. The van der Waals surface area contributed by atoms with Gasteiger partial charge in [-0.05, 0) is 49.2 Å². The predicted molar refractivity (Wildman–Crippen MR) is 114 cm³/mol. The molecule has 5 rings (SSSR count). The summed E-state index contributed by atoms with van der Waals surface area (Å²) < 4.78 is 0. The molecule has 0 aliphatic carbocycles.